The van der Waals surface area contributed by atoms with Crippen molar-refractivity contribution in [3.05, 3.63) is 64.3 Å². The van der Waals surface area contributed by atoms with Crippen LogP contribution in [-0.4, -0.2) is 13.6 Å². The molecule has 5 nitrogen and oxygen atoms in total. The molecule has 0 unspecified atom stereocenters. The van der Waals surface area contributed by atoms with Crippen molar-refractivity contribution in [1.82, 2.24) is 5.16 Å². The molecule has 26 heavy (non-hydrogen) atoms. The average molecular weight is 370 g/mol. The molecule has 2 aromatic carbocycles. The number of nitrogens with zero attached hydrogens (tertiary/aromatic N) is 1. The summed E-state index contributed by atoms with van der Waals surface area (Å²) in [6.45, 7) is 9.35. The molecule has 3 aromatic rings. The minimum atomic E-state index is -3.73. The van der Waals surface area contributed by atoms with E-state index in [2.05, 4.69) is 9.88 Å². The molecule has 0 spiro atoms. The summed E-state index contributed by atoms with van der Waals surface area (Å²) in [5.41, 5.74) is 5.50. The second-order valence-corrected chi connectivity index (χ2v) is 8.28. The first-order valence-electron chi connectivity index (χ1n) is 8.33. The van der Waals surface area contributed by atoms with Gasteiger partial charge >= 0.3 is 0 Å². The van der Waals surface area contributed by atoms with Gasteiger partial charge in [-0.25, -0.2) is 8.42 Å². The molecule has 1 heterocycles. The normalized spacial score (nSPS) is 11.6. The Morgan fingerprint density at radius 2 is 1.62 bits per heavy atom. The van der Waals surface area contributed by atoms with Gasteiger partial charge in [-0.15, -0.1) is 0 Å². The Balaban J connectivity index is 2.06. The molecule has 0 atom stereocenters. The number of hydrogen-bond donors (Lipinski definition) is 1. The molecular weight excluding hydrogens is 348 g/mol. The maximum Gasteiger partial charge on any atom is 0.262 e. The molecule has 0 saturated heterocycles. The first-order valence-corrected chi connectivity index (χ1v) is 9.81. The van der Waals surface area contributed by atoms with Crippen molar-refractivity contribution >= 4 is 15.7 Å². The number of aryl methyl sites for hydroxylation is 4. The Kier molecular flexibility index (Phi) is 4.63. The van der Waals surface area contributed by atoms with Crippen LogP contribution in [0.1, 0.15) is 27.9 Å². The molecule has 0 bridgehead atoms. The highest BCUT2D eigenvalue weighted by atomic mass is 32.2. The lowest BCUT2D eigenvalue weighted by molar-refractivity contribution is 0.427. The van der Waals surface area contributed by atoms with Crippen molar-refractivity contribution in [3.8, 4) is 11.3 Å². The van der Waals surface area contributed by atoms with E-state index in [4.69, 9.17) is 4.52 Å². The standard InChI is InChI=1S/C20H22N2O3S/c1-12-6-7-13(2)18(10-12)22-26(23,24)19-11-17(9-8-14(19)3)20-15(4)16(5)21-25-20/h6-11,22H,1-5H3. The molecule has 0 saturated carbocycles. The zero-order valence-electron chi connectivity index (χ0n) is 15.5. The highest BCUT2D eigenvalue weighted by molar-refractivity contribution is 7.92. The predicted octanol–water partition coefficient (Wildman–Crippen LogP) is 4.68. The van der Waals surface area contributed by atoms with Crippen LogP contribution < -0.4 is 4.72 Å². The zero-order chi connectivity index (χ0) is 19.1. The number of rotatable bonds is 4. The summed E-state index contributed by atoms with van der Waals surface area (Å²) in [5, 5.41) is 3.96. The first-order chi connectivity index (χ1) is 12.2. The van der Waals surface area contributed by atoms with Gasteiger partial charge in [-0.3, -0.25) is 4.72 Å². The fourth-order valence-electron chi connectivity index (χ4n) is 2.76. The summed E-state index contributed by atoms with van der Waals surface area (Å²) >= 11 is 0. The second kappa shape index (κ2) is 6.61. The Bertz CT molecular complexity index is 1080. The lowest BCUT2D eigenvalue weighted by Crippen LogP contribution is -2.15. The SMILES string of the molecule is Cc1ccc(C)c(NS(=O)(=O)c2cc(-c3onc(C)c3C)ccc2C)c1. The number of nitrogens with one attached hydrogen (secondary N) is 1. The van der Waals surface area contributed by atoms with Crippen molar-refractivity contribution in [2.24, 2.45) is 0 Å². The minimum absolute atomic E-state index is 0.226. The predicted molar refractivity (Wildman–Crippen MR) is 103 cm³/mol. The Labute approximate surface area is 154 Å². The maximum atomic E-state index is 13.0. The number of hydrogen-bond acceptors (Lipinski definition) is 4. The third-order valence-corrected chi connectivity index (χ3v) is 6.04. The molecule has 0 radical (unpaired) electrons. The van der Waals surface area contributed by atoms with Crippen molar-refractivity contribution in [3.63, 3.8) is 0 Å². The second-order valence-electron chi connectivity index (χ2n) is 6.63. The third-order valence-electron chi connectivity index (χ3n) is 4.53. The van der Waals surface area contributed by atoms with Crippen molar-refractivity contribution < 1.29 is 12.9 Å². The summed E-state index contributed by atoms with van der Waals surface area (Å²) < 4.78 is 34.1. The zero-order valence-corrected chi connectivity index (χ0v) is 16.4. The van der Waals surface area contributed by atoms with Crippen LogP contribution >= 0.6 is 0 Å². The van der Waals surface area contributed by atoms with Crippen LogP contribution in [-0.2, 0) is 10.0 Å². The summed E-state index contributed by atoms with van der Waals surface area (Å²) in [6.07, 6.45) is 0. The lowest BCUT2D eigenvalue weighted by Gasteiger charge is -2.14. The maximum absolute atomic E-state index is 13.0. The van der Waals surface area contributed by atoms with E-state index in [1.807, 2.05) is 52.0 Å². The van der Waals surface area contributed by atoms with Crippen LogP contribution in [0.2, 0.25) is 0 Å². The van der Waals surface area contributed by atoms with Crippen molar-refractivity contribution in [2.45, 2.75) is 39.5 Å². The number of sulfonamides is 1. The van der Waals surface area contributed by atoms with Gasteiger partial charge in [0.2, 0.25) is 0 Å². The third kappa shape index (κ3) is 3.37. The topological polar surface area (TPSA) is 72.2 Å². The van der Waals surface area contributed by atoms with E-state index in [0.717, 1.165) is 22.4 Å². The van der Waals surface area contributed by atoms with Gasteiger partial charge in [0, 0.05) is 11.1 Å². The number of anilines is 1. The fraction of sp³-hybridized carbons (Fsp3) is 0.250. The first kappa shape index (κ1) is 18.2. The van der Waals surface area contributed by atoms with Gasteiger partial charge in [-0.1, -0.05) is 29.4 Å². The van der Waals surface area contributed by atoms with Crippen molar-refractivity contribution in [2.75, 3.05) is 4.72 Å². The molecule has 136 valence electrons. The lowest BCUT2D eigenvalue weighted by atomic mass is 10.1. The van der Waals surface area contributed by atoms with E-state index in [9.17, 15) is 8.42 Å². The van der Waals surface area contributed by atoms with Crippen LogP contribution in [0.15, 0.2) is 45.8 Å². The highest BCUT2D eigenvalue weighted by Crippen LogP contribution is 2.30. The van der Waals surface area contributed by atoms with Gasteiger partial charge in [0.05, 0.1) is 16.3 Å². The molecule has 1 aromatic heterocycles. The van der Waals surface area contributed by atoms with Crippen LogP contribution in [0.5, 0.6) is 0 Å². The largest absolute Gasteiger partial charge is 0.356 e. The van der Waals surface area contributed by atoms with E-state index in [1.165, 1.54) is 0 Å². The smallest absolute Gasteiger partial charge is 0.262 e. The van der Waals surface area contributed by atoms with Gasteiger partial charge in [0.15, 0.2) is 5.76 Å². The van der Waals surface area contributed by atoms with E-state index >= 15 is 0 Å². The molecular formula is C20H22N2O3S. The summed E-state index contributed by atoms with van der Waals surface area (Å²) in [5.74, 6) is 0.589. The fourth-order valence-corrected chi connectivity index (χ4v) is 4.15. The molecule has 3 rings (SSSR count). The summed E-state index contributed by atoms with van der Waals surface area (Å²) in [7, 11) is -3.73. The number of aromatic nitrogens is 1. The van der Waals surface area contributed by atoms with Crippen LogP contribution in [0, 0.1) is 34.6 Å². The number of benzene rings is 2. The van der Waals surface area contributed by atoms with Crippen LogP contribution in [0.3, 0.4) is 0 Å². The Hall–Kier alpha value is -2.60. The molecule has 0 aliphatic carbocycles. The van der Waals surface area contributed by atoms with Crippen molar-refractivity contribution in [1.29, 1.82) is 0 Å². The van der Waals surface area contributed by atoms with Gasteiger partial charge in [-0.05, 0) is 63.4 Å². The molecule has 6 heteroatoms. The van der Waals surface area contributed by atoms with Gasteiger partial charge < -0.3 is 4.52 Å². The van der Waals surface area contributed by atoms with E-state index < -0.39 is 10.0 Å². The van der Waals surface area contributed by atoms with Crippen LogP contribution in [0.25, 0.3) is 11.3 Å². The van der Waals surface area contributed by atoms with Gasteiger partial charge in [0.1, 0.15) is 0 Å². The monoisotopic (exact) mass is 370 g/mol. The quantitative estimate of drug-likeness (QED) is 0.723. The molecule has 0 aliphatic rings. The summed E-state index contributed by atoms with van der Waals surface area (Å²) in [6, 6.07) is 10.9. The van der Waals surface area contributed by atoms with E-state index in [-0.39, 0.29) is 4.90 Å². The van der Waals surface area contributed by atoms with E-state index in [0.29, 0.717) is 22.6 Å². The van der Waals surface area contributed by atoms with E-state index in [1.54, 1.807) is 19.1 Å². The van der Waals surface area contributed by atoms with Gasteiger partial charge in [0.25, 0.3) is 10.0 Å². The van der Waals surface area contributed by atoms with Crippen LogP contribution in [0.4, 0.5) is 5.69 Å². The molecule has 0 aliphatic heterocycles. The molecule has 0 amide bonds. The molecule has 1 N–H and O–H groups in total. The Morgan fingerprint density at radius 3 is 2.27 bits per heavy atom. The Morgan fingerprint density at radius 1 is 0.923 bits per heavy atom. The van der Waals surface area contributed by atoms with Gasteiger partial charge in [-0.2, -0.15) is 0 Å². The summed E-state index contributed by atoms with van der Waals surface area (Å²) in [4.78, 5) is 0.226. The minimum Gasteiger partial charge on any atom is -0.356 e. The molecule has 0 fully saturated rings. The average Bonchev–Trinajstić information content (AvgIpc) is 2.90. The highest BCUT2D eigenvalue weighted by Gasteiger charge is 2.21.